The zero-order valence-corrected chi connectivity index (χ0v) is 6.77. The third-order valence-corrected chi connectivity index (χ3v) is 1.00. The molecule has 3 N–H and O–H groups in total. The van der Waals surface area contributed by atoms with E-state index in [4.69, 9.17) is 10.8 Å². The van der Waals surface area contributed by atoms with E-state index in [9.17, 15) is 4.79 Å². The molecule has 9 heavy (non-hydrogen) atoms. The van der Waals surface area contributed by atoms with E-state index in [1.165, 1.54) is 0 Å². The minimum Gasteiger partial charge on any atom is -0.480 e. The van der Waals surface area contributed by atoms with Gasteiger partial charge in [-0.05, 0) is 5.92 Å². The van der Waals surface area contributed by atoms with Crippen molar-refractivity contribution in [2.45, 2.75) is 19.9 Å². The van der Waals surface area contributed by atoms with Crippen molar-refractivity contribution >= 4 is 5.97 Å². The van der Waals surface area contributed by atoms with Crippen LogP contribution in [0.15, 0.2) is 0 Å². The smallest absolute Gasteiger partial charge is 0.320 e. The maximum Gasteiger partial charge on any atom is 0.320 e. The molecule has 0 aromatic carbocycles. The van der Waals surface area contributed by atoms with Crippen molar-refractivity contribution in [2.75, 3.05) is 0 Å². The quantitative estimate of drug-likeness (QED) is 0.614. The standard InChI is InChI=1S/C5H11NO2.Cr/c1-3(2)4(6)5(7)8;/h3-4H,6H2,1-2H3,(H,7,8);/t4-;/m0./s1. The second-order valence-corrected chi connectivity index (χ2v) is 2.11. The Kier molecular flexibility index (Phi) is 6.26. The second-order valence-electron chi connectivity index (χ2n) is 2.11. The van der Waals surface area contributed by atoms with Crippen LogP contribution in [0.4, 0.5) is 0 Å². The van der Waals surface area contributed by atoms with Crippen LogP contribution in [0.2, 0.25) is 0 Å². The van der Waals surface area contributed by atoms with Crippen molar-refractivity contribution < 1.29 is 27.3 Å². The van der Waals surface area contributed by atoms with E-state index in [1.807, 2.05) is 0 Å². The van der Waals surface area contributed by atoms with Gasteiger partial charge in [0, 0.05) is 17.4 Å². The zero-order valence-electron chi connectivity index (χ0n) is 5.50. The average Bonchev–Trinajstić information content (AvgIpc) is 1.64. The molecule has 0 aliphatic carbocycles. The van der Waals surface area contributed by atoms with E-state index >= 15 is 0 Å². The molecule has 0 aliphatic rings. The molecule has 0 unspecified atom stereocenters. The fourth-order valence-electron chi connectivity index (χ4n) is 0.285. The first-order valence-corrected chi connectivity index (χ1v) is 2.54. The van der Waals surface area contributed by atoms with Gasteiger partial charge in [-0.3, -0.25) is 4.79 Å². The van der Waals surface area contributed by atoms with Crippen molar-refractivity contribution in [2.24, 2.45) is 11.7 Å². The van der Waals surface area contributed by atoms with Crippen LogP contribution in [0, 0.1) is 5.92 Å². The van der Waals surface area contributed by atoms with Crippen LogP contribution in [0.3, 0.4) is 0 Å². The third kappa shape index (κ3) is 4.46. The first kappa shape index (κ1) is 11.7. The average molecular weight is 169 g/mol. The molecule has 0 heterocycles. The molecule has 0 rings (SSSR count). The normalized spacial score (nSPS) is 12.4. The summed E-state index contributed by atoms with van der Waals surface area (Å²) >= 11 is 0. The van der Waals surface area contributed by atoms with Crippen molar-refractivity contribution in [3.8, 4) is 0 Å². The summed E-state index contributed by atoms with van der Waals surface area (Å²) in [5, 5.41) is 8.23. The molecule has 0 saturated heterocycles. The van der Waals surface area contributed by atoms with Gasteiger partial charge in [0.1, 0.15) is 6.04 Å². The van der Waals surface area contributed by atoms with Gasteiger partial charge in [0.15, 0.2) is 0 Å². The van der Waals surface area contributed by atoms with Crippen LogP contribution < -0.4 is 5.73 Å². The monoisotopic (exact) mass is 169 g/mol. The molecular weight excluding hydrogens is 158 g/mol. The summed E-state index contributed by atoms with van der Waals surface area (Å²) in [4.78, 5) is 10.0. The molecule has 0 radical (unpaired) electrons. The predicted molar refractivity (Wildman–Crippen MR) is 30.4 cm³/mol. The Morgan fingerprint density at radius 3 is 1.89 bits per heavy atom. The largest absolute Gasteiger partial charge is 0.480 e. The van der Waals surface area contributed by atoms with Gasteiger partial charge in [0.25, 0.3) is 0 Å². The van der Waals surface area contributed by atoms with Crippen molar-refractivity contribution in [1.29, 1.82) is 0 Å². The minimum absolute atomic E-state index is 0. The number of carbonyl (C=O) groups is 1. The summed E-state index contributed by atoms with van der Waals surface area (Å²) in [6.45, 7) is 3.55. The van der Waals surface area contributed by atoms with Gasteiger partial charge >= 0.3 is 5.97 Å². The molecule has 0 fully saturated rings. The predicted octanol–water partition coefficient (Wildman–Crippen LogP) is 0.0518. The summed E-state index contributed by atoms with van der Waals surface area (Å²) in [5.74, 6) is -0.910. The van der Waals surface area contributed by atoms with Crippen molar-refractivity contribution in [3.05, 3.63) is 0 Å². The fourth-order valence-corrected chi connectivity index (χ4v) is 0.285. The number of hydrogen-bond acceptors (Lipinski definition) is 2. The van der Waals surface area contributed by atoms with Crippen molar-refractivity contribution in [1.82, 2.24) is 0 Å². The van der Waals surface area contributed by atoms with Gasteiger partial charge in [-0.25, -0.2) is 0 Å². The molecule has 0 bridgehead atoms. The van der Waals surface area contributed by atoms with Crippen LogP contribution in [0.5, 0.6) is 0 Å². The molecule has 0 aromatic rings. The Bertz CT molecular complexity index is 95.0. The van der Waals surface area contributed by atoms with E-state index in [2.05, 4.69) is 0 Å². The molecule has 3 nitrogen and oxygen atoms in total. The Morgan fingerprint density at radius 2 is 1.89 bits per heavy atom. The molecule has 0 spiro atoms. The van der Waals surface area contributed by atoms with Gasteiger partial charge in [0.2, 0.25) is 0 Å². The van der Waals surface area contributed by atoms with E-state index in [1.54, 1.807) is 13.8 Å². The maximum atomic E-state index is 10.0. The zero-order chi connectivity index (χ0) is 6.73. The molecular formula is C5H11CrNO2. The Morgan fingerprint density at radius 1 is 1.56 bits per heavy atom. The van der Waals surface area contributed by atoms with Crippen LogP contribution in [-0.2, 0) is 22.2 Å². The van der Waals surface area contributed by atoms with Gasteiger partial charge in [0.05, 0.1) is 0 Å². The van der Waals surface area contributed by atoms with E-state index < -0.39 is 12.0 Å². The van der Waals surface area contributed by atoms with Crippen LogP contribution in [0.25, 0.3) is 0 Å². The summed E-state index contributed by atoms with van der Waals surface area (Å²) in [5.41, 5.74) is 5.16. The molecule has 0 saturated carbocycles. The number of aliphatic carboxylic acids is 1. The van der Waals surface area contributed by atoms with Crippen LogP contribution >= 0.6 is 0 Å². The second kappa shape index (κ2) is 4.81. The van der Waals surface area contributed by atoms with Crippen LogP contribution in [0.1, 0.15) is 13.8 Å². The first-order chi connectivity index (χ1) is 3.55. The number of rotatable bonds is 2. The van der Waals surface area contributed by atoms with E-state index in [0.29, 0.717) is 0 Å². The Balaban J connectivity index is 0. The number of nitrogens with two attached hydrogens (primary N) is 1. The number of carboxylic acid groups (broad SMARTS) is 1. The van der Waals surface area contributed by atoms with Gasteiger partial charge in [-0.15, -0.1) is 0 Å². The molecule has 4 heteroatoms. The summed E-state index contributed by atoms with van der Waals surface area (Å²) in [6, 6.07) is -0.713. The molecule has 1 atom stereocenters. The fraction of sp³-hybridized carbons (Fsp3) is 0.800. The summed E-state index contributed by atoms with van der Waals surface area (Å²) < 4.78 is 0. The molecule has 0 aromatic heterocycles. The van der Waals surface area contributed by atoms with E-state index in [-0.39, 0.29) is 23.3 Å². The number of carboxylic acids is 1. The topological polar surface area (TPSA) is 63.3 Å². The Hall–Kier alpha value is -0.0375. The molecule has 0 aliphatic heterocycles. The minimum atomic E-state index is -0.931. The molecule has 0 amide bonds. The SMILES string of the molecule is CC(C)[C@H](N)C(=O)O.[Cr]. The van der Waals surface area contributed by atoms with Gasteiger partial charge in [-0.2, -0.15) is 0 Å². The van der Waals surface area contributed by atoms with Crippen LogP contribution in [-0.4, -0.2) is 17.1 Å². The molecule has 54 valence electrons. The van der Waals surface area contributed by atoms with Gasteiger partial charge in [-0.1, -0.05) is 13.8 Å². The summed E-state index contributed by atoms with van der Waals surface area (Å²) in [7, 11) is 0. The van der Waals surface area contributed by atoms with E-state index in [0.717, 1.165) is 0 Å². The summed E-state index contributed by atoms with van der Waals surface area (Å²) in [6.07, 6.45) is 0. The van der Waals surface area contributed by atoms with Crippen molar-refractivity contribution in [3.63, 3.8) is 0 Å². The van der Waals surface area contributed by atoms with Gasteiger partial charge < -0.3 is 10.8 Å². The Labute approximate surface area is 65.4 Å². The number of hydrogen-bond donors (Lipinski definition) is 2. The first-order valence-electron chi connectivity index (χ1n) is 2.54. The third-order valence-electron chi connectivity index (χ3n) is 1.00. The maximum absolute atomic E-state index is 10.0.